The number of nitrogens with one attached hydrogen (secondary N) is 1. The molecular formula is C17H25NS. The third kappa shape index (κ3) is 2.85. The minimum absolute atomic E-state index is 0.767. The van der Waals surface area contributed by atoms with E-state index in [0.29, 0.717) is 0 Å². The molecule has 0 aromatic heterocycles. The van der Waals surface area contributed by atoms with E-state index >= 15 is 0 Å². The molecule has 1 nitrogen and oxygen atoms in total. The molecular weight excluding hydrogens is 250 g/mol. The van der Waals surface area contributed by atoms with Crippen molar-refractivity contribution in [3.05, 3.63) is 29.8 Å². The molecule has 104 valence electrons. The van der Waals surface area contributed by atoms with E-state index in [9.17, 15) is 0 Å². The normalized spacial score (nSPS) is 33.6. The van der Waals surface area contributed by atoms with Crippen molar-refractivity contribution in [1.29, 1.82) is 0 Å². The summed E-state index contributed by atoms with van der Waals surface area (Å²) in [5, 5.41) is 4.48. The van der Waals surface area contributed by atoms with Gasteiger partial charge in [-0.3, -0.25) is 0 Å². The molecule has 1 aliphatic heterocycles. The number of fused-ring (bicyclic) bond motifs is 1. The summed E-state index contributed by atoms with van der Waals surface area (Å²) in [5.74, 6) is 1.78. The summed E-state index contributed by atoms with van der Waals surface area (Å²) in [5.41, 5.74) is 1.58. The van der Waals surface area contributed by atoms with Gasteiger partial charge in [0.25, 0.3) is 0 Å². The van der Waals surface area contributed by atoms with Gasteiger partial charge in [-0.2, -0.15) is 0 Å². The largest absolute Gasteiger partial charge is 0.314 e. The summed E-state index contributed by atoms with van der Waals surface area (Å²) >= 11 is 2.12. The van der Waals surface area contributed by atoms with Gasteiger partial charge in [-0.05, 0) is 55.7 Å². The van der Waals surface area contributed by atoms with Gasteiger partial charge < -0.3 is 5.32 Å². The van der Waals surface area contributed by atoms with E-state index in [-0.39, 0.29) is 0 Å². The van der Waals surface area contributed by atoms with E-state index < -0.39 is 0 Å². The van der Waals surface area contributed by atoms with Crippen molar-refractivity contribution in [2.75, 3.05) is 6.54 Å². The topological polar surface area (TPSA) is 12.0 Å². The highest BCUT2D eigenvalue weighted by Gasteiger charge is 2.35. The Morgan fingerprint density at radius 1 is 1.26 bits per heavy atom. The van der Waals surface area contributed by atoms with E-state index in [0.717, 1.165) is 29.7 Å². The van der Waals surface area contributed by atoms with Gasteiger partial charge >= 0.3 is 0 Å². The maximum absolute atomic E-state index is 3.66. The lowest BCUT2D eigenvalue weighted by atomic mass is 9.90. The van der Waals surface area contributed by atoms with Crippen LogP contribution in [0.5, 0.6) is 0 Å². The quantitative estimate of drug-likeness (QED) is 0.887. The molecule has 19 heavy (non-hydrogen) atoms. The van der Waals surface area contributed by atoms with Crippen molar-refractivity contribution in [2.45, 2.75) is 55.7 Å². The highest BCUT2D eigenvalue weighted by atomic mass is 32.2. The monoisotopic (exact) mass is 275 g/mol. The summed E-state index contributed by atoms with van der Waals surface area (Å²) in [6.45, 7) is 5.80. The van der Waals surface area contributed by atoms with Gasteiger partial charge in [0.05, 0.1) is 0 Å². The number of thioether (sulfide) groups is 1. The average Bonchev–Trinajstić information content (AvgIpc) is 2.96. The Morgan fingerprint density at radius 2 is 2.11 bits per heavy atom. The third-order valence-corrected chi connectivity index (χ3v) is 6.32. The van der Waals surface area contributed by atoms with Crippen LogP contribution >= 0.6 is 11.8 Å². The molecule has 1 aromatic carbocycles. The van der Waals surface area contributed by atoms with Crippen LogP contribution < -0.4 is 5.32 Å². The Labute approximate surface area is 121 Å². The zero-order valence-corrected chi connectivity index (χ0v) is 12.9. The molecule has 0 radical (unpaired) electrons. The van der Waals surface area contributed by atoms with E-state index in [2.05, 4.69) is 55.2 Å². The van der Waals surface area contributed by atoms with E-state index in [1.807, 2.05) is 0 Å². The standard InChI is InChI=1S/C17H25NS/c1-3-18-16-9-8-13(12(16)2)10-15-11-14-6-4-5-7-17(14)19-15/h4-7,12-13,15-16,18H,3,8-11H2,1-2H3. The van der Waals surface area contributed by atoms with Crippen LogP contribution in [-0.2, 0) is 6.42 Å². The van der Waals surface area contributed by atoms with Gasteiger partial charge in [0, 0.05) is 16.2 Å². The fourth-order valence-electron chi connectivity index (χ4n) is 3.85. The number of benzene rings is 1. The SMILES string of the molecule is CCNC1CCC(CC2Cc3ccccc3S2)C1C. The first-order valence-electron chi connectivity index (χ1n) is 7.76. The lowest BCUT2D eigenvalue weighted by Gasteiger charge is -2.23. The van der Waals surface area contributed by atoms with Crippen molar-refractivity contribution in [3.63, 3.8) is 0 Å². The maximum Gasteiger partial charge on any atom is 0.0138 e. The molecule has 4 unspecified atom stereocenters. The first kappa shape index (κ1) is 13.5. The first-order valence-corrected chi connectivity index (χ1v) is 8.63. The second kappa shape index (κ2) is 5.88. The average molecular weight is 275 g/mol. The van der Waals surface area contributed by atoms with Gasteiger partial charge in [-0.1, -0.05) is 32.0 Å². The van der Waals surface area contributed by atoms with Crippen LogP contribution in [0.1, 0.15) is 38.7 Å². The molecule has 1 aliphatic carbocycles. The fraction of sp³-hybridized carbons (Fsp3) is 0.647. The van der Waals surface area contributed by atoms with Gasteiger partial charge in [0.15, 0.2) is 0 Å². The van der Waals surface area contributed by atoms with Crippen molar-refractivity contribution < 1.29 is 0 Å². The minimum atomic E-state index is 0.767. The second-order valence-electron chi connectivity index (χ2n) is 6.15. The van der Waals surface area contributed by atoms with Crippen molar-refractivity contribution in [1.82, 2.24) is 5.32 Å². The summed E-state index contributed by atoms with van der Waals surface area (Å²) in [4.78, 5) is 1.53. The van der Waals surface area contributed by atoms with Gasteiger partial charge in [0.2, 0.25) is 0 Å². The van der Waals surface area contributed by atoms with Crippen LogP contribution in [-0.4, -0.2) is 17.8 Å². The molecule has 1 aromatic rings. The molecule has 3 rings (SSSR count). The molecule has 0 bridgehead atoms. The van der Waals surface area contributed by atoms with Crippen LogP contribution in [0.4, 0.5) is 0 Å². The highest BCUT2D eigenvalue weighted by molar-refractivity contribution is 8.00. The predicted octanol–water partition coefficient (Wildman–Crippen LogP) is 4.12. The molecule has 0 saturated heterocycles. The van der Waals surface area contributed by atoms with Gasteiger partial charge in [-0.15, -0.1) is 11.8 Å². The smallest absolute Gasteiger partial charge is 0.0138 e. The summed E-state index contributed by atoms with van der Waals surface area (Å²) in [6, 6.07) is 9.72. The fourth-order valence-corrected chi connectivity index (χ4v) is 5.28. The van der Waals surface area contributed by atoms with Crippen molar-refractivity contribution >= 4 is 11.8 Å². The summed E-state index contributed by atoms with van der Waals surface area (Å²) in [7, 11) is 0. The Balaban J connectivity index is 1.57. The van der Waals surface area contributed by atoms with E-state index in [1.54, 1.807) is 5.56 Å². The first-order chi connectivity index (χ1) is 9.28. The van der Waals surface area contributed by atoms with Crippen LogP contribution in [0.25, 0.3) is 0 Å². The van der Waals surface area contributed by atoms with Crippen molar-refractivity contribution in [2.24, 2.45) is 11.8 Å². The molecule has 0 spiro atoms. The molecule has 4 atom stereocenters. The Kier molecular flexibility index (Phi) is 4.18. The zero-order valence-electron chi connectivity index (χ0n) is 12.1. The molecule has 2 heteroatoms. The predicted molar refractivity (Wildman–Crippen MR) is 83.8 cm³/mol. The Hall–Kier alpha value is -0.470. The van der Waals surface area contributed by atoms with E-state index in [1.165, 1.54) is 30.6 Å². The molecule has 1 fully saturated rings. The van der Waals surface area contributed by atoms with Crippen LogP contribution in [0, 0.1) is 11.8 Å². The van der Waals surface area contributed by atoms with Crippen LogP contribution in [0.15, 0.2) is 29.2 Å². The number of rotatable bonds is 4. The number of hydrogen-bond acceptors (Lipinski definition) is 2. The lowest BCUT2D eigenvalue weighted by molar-refractivity contribution is 0.338. The van der Waals surface area contributed by atoms with Crippen LogP contribution in [0.3, 0.4) is 0 Å². The number of hydrogen-bond donors (Lipinski definition) is 1. The molecule has 1 heterocycles. The third-order valence-electron chi connectivity index (χ3n) is 4.97. The second-order valence-corrected chi connectivity index (χ2v) is 7.49. The van der Waals surface area contributed by atoms with E-state index in [4.69, 9.17) is 0 Å². The zero-order chi connectivity index (χ0) is 13.2. The lowest BCUT2D eigenvalue weighted by Crippen LogP contribution is -2.32. The molecule has 0 amide bonds. The van der Waals surface area contributed by atoms with Crippen LogP contribution in [0.2, 0.25) is 0 Å². The molecule has 1 N–H and O–H groups in total. The van der Waals surface area contributed by atoms with Gasteiger partial charge in [-0.25, -0.2) is 0 Å². The minimum Gasteiger partial charge on any atom is -0.314 e. The van der Waals surface area contributed by atoms with Crippen molar-refractivity contribution in [3.8, 4) is 0 Å². The molecule has 1 saturated carbocycles. The van der Waals surface area contributed by atoms with Gasteiger partial charge in [0.1, 0.15) is 0 Å². The Bertz CT molecular complexity index is 406. The maximum atomic E-state index is 3.66. The Morgan fingerprint density at radius 3 is 2.89 bits per heavy atom. The highest BCUT2D eigenvalue weighted by Crippen LogP contribution is 2.43. The molecule has 2 aliphatic rings. The summed E-state index contributed by atoms with van der Waals surface area (Å²) in [6.07, 6.45) is 5.49. The summed E-state index contributed by atoms with van der Waals surface area (Å²) < 4.78 is 0.